The molecule has 0 radical (unpaired) electrons. The Morgan fingerprint density at radius 1 is 1.50 bits per heavy atom. The van der Waals surface area contributed by atoms with Crippen molar-refractivity contribution in [1.82, 2.24) is 0 Å². The second-order valence-corrected chi connectivity index (χ2v) is 3.80. The summed E-state index contributed by atoms with van der Waals surface area (Å²) in [5.74, 6) is 0. The van der Waals surface area contributed by atoms with Crippen LogP contribution in [0.1, 0.15) is 32.6 Å². The van der Waals surface area contributed by atoms with Gasteiger partial charge in [-0.15, -0.1) is 0 Å². The molecule has 3 heteroatoms. The third-order valence-corrected chi connectivity index (χ3v) is 3.34. The highest BCUT2D eigenvalue weighted by Crippen LogP contribution is 2.32. The van der Waals surface area contributed by atoms with Crippen LogP contribution in [0, 0.1) is 0 Å². The molecule has 0 aliphatic heterocycles. The zero-order valence-electron chi connectivity index (χ0n) is 6.27. The van der Waals surface area contributed by atoms with Crippen molar-refractivity contribution in [1.29, 1.82) is 0 Å². The highest BCUT2D eigenvalue weighted by Gasteiger charge is 2.29. The average molecular weight is 255 g/mol. The van der Waals surface area contributed by atoms with Crippen LogP contribution >= 0.6 is 23.0 Å². The molecule has 0 aromatic heterocycles. The van der Waals surface area contributed by atoms with E-state index in [4.69, 9.17) is 8.80 Å². The summed E-state index contributed by atoms with van der Waals surface area (Å²) >= 11 is 1.99. The molecule has 0 aromatic carbocycles. The Labute approximate surface area is 76.2 Å². The Kier molecular flexibility index (Phi) is 2.94. The summed E-state index contributed by atoms with van der Waals surface area (Å²) in [4.78, 5) is 0. The van der Waals surface area contributed by atoms with Crippen LogP contribution in [0.4, 0.5) is 0 Å². The van der Waals surface area contributed by atoms with E-state index >= 15 is 0 Å². The molecule has 1 saturated carbocycles. The summed E-state index contributed by atoms with van der Waals surface area (Å²) in [6.07, 6.45) is 4.44. The van der Waals surface area contributed by atoms with Crippen LogP contribution in [-0.2, 0) is 3.07 Å². The summed E-state index contributed by atoms with van der Waals surface area (Å²) < 4.78 is 5.34. The molecule has 1 fully saturated rings. The van der Waals surface area contributed by atoms with Gasteiger partial charge in [-0.1, -0.05) is 0 Å². The van der Waals surface area contributed by atoms with E-state index in [1.165, 1.54) is 0 Å². The minimum absolute atomic E-state index is 0.108. The van der Waals surface area contributed by atoms with E-state index in [1.54, 1.807) is 0 Å². The number of rotatable bonds is 1. The number of nitrogens with two attached hydrogens (primary N) is 1. The molecular weight excluding hydrogens is 241 g/mol. The van der Waals surface area contributed by atoms with Gasteiger partial charge in [-0.2, -0.15) is 0 Å². The second-order valence-electron chi connectivity index (χ2n) is 3.36. The first-order valence-electron chi connectivity index (χ1n) is 3.72. The van der Waals surface area contributed by atoms with Crippen molar-refractivity contribution in [2.75, 3.05) is 0 Å². The van der Waals surface area contributed by atoms with Gasteiger partial charge in [0.1, 0.15) is 23.0 Å². The smallest absolute Gasteiger partial charge is 0.110 e. The van der Waals surface area contributed by atoms with Crippen molar-refractivity contribution in [3.05, 3.63) is 0 Å². The van der Waals surface area contributed by atoms with Crippen molar-refractivity contribution < 1.29 is 3.07 Å². The van der Waals surface area contributed by atoms with Crippen LogP contribution < -0.4 is 5.73 Å². The Bertz CT molecular complexity index is 110. The number of hydrogen-bond donors (Lipinski definition) is 1. The molecular formula is C7H14INO. The normalized spacial score (nSPS) is 41.7. The van der Waals surface area contributed by atoms with E-state index < -0.39 is 0 Å². The van der Waals surface area contributed by atoms with E-state index in [0.29, 0.717) is 6.04 Å². The topological polar surface area (TPSA) is 35.2 Å². The van der Waals surface area contributed by atoms with Gasteiger partial charge in [0, 0.05) is 6.04 Å². The zero-order valence-corrected chi connectivity index (χ0v) is 8.43. The minimum atomic E-state index is 0.108. The summed E-state index contributed by atoms with van der Waals surface area (Å²) in [5, 5.41) is 0. The molecule has 1 aliphatic carbocycles. The molecule has 0 bridgehead atoms. The standard InChI is InChI=1S/C7H14INO/c1-7(10-8)4-2-6(9)3-5-7/h6H,2-5,9H2,1H3. The van der Waals surface area contributed by atoms with Crippen molar-refractivity contribution in [3.63, 3.8) is 0 Å². The molecule has 0 heterocycles. The van der Waals surface area contributed by atoms with E-state index in [0.717, 1.165) is 25.7 Å². The van der Waals surface area contributed by atoms with Gasteiger partial charge in [-0.05, 0) is 32.6 Å². The summed E-state index contributed by atoms with van der Waals surface area (Å²) in [5.41, 5.74) is 5.86. The first-order chi connectivity index (χ1) is 4.66. The van der Waals surface area contributed by atoms with E-state index in [2.05, 4.69) is 6.92 Å². The zero-order chi connectivity index (χ0) is 7.61. The summed E-state index contributed by atoms with van der Waals surface area (Å²) in [6.45, 7) is 2.16. The van der Waals surface area contributed by atoms with Gasteiger partial charge in [-0.3, -0.25) is 0 Å². The van der Waals surface area contributed by atoms with Gasteiger partial charge >= 0.3 is 0 Å². The van der Waals surface area contributed by atoms with Crippen molar-refractivity contribution in [2.24, 2.45) is 5.73 Å². The van der Waals surface area contributed by atoms with Gasteiger partial charge in [-0.25, -0.2) is 0 Å². The van der Waals surface area contributed by atoms with Crippen molar-refractivity contribution in [2.45, 2.75) is 44.2 Å². The lowest BCUT2D eigenvalue weighted by molar-refractivity contribution is 0.0904. The summed E-state index contributed by atoms with van der Waals surface area (Å²) in [6, 6.07) is 0.416. The molecule has 1 rings (SSSR count). The average Bonchev–Trinajstić information content (AvgIpc) is 1.96. The van der Waals surface area contributed by atoms with Crippen LogP contribution in [-0.4, -0.2) is 11.6 Å². The monoisotopic (exact) mass is 255 g/mol. The SMILES string of the molecule is CC1(OI)CCC(N)CC1. The highest BCUT2D eigenvalue weighted by atomic mass is 127. The third kappa shape index (κ3) is 2.07. The van der Waals surface area contributed by atoms with Gasteiger partial charge in [0.15, 0.2) is 0 Å². The van der Waals surface area contributed by atoms with E-state index in [1.807, 2.05) is 23.0 Å². The highest BCUT2D eigenvalue weighted by molar-refractivity contribution is 14.1. The number of hydrogen-bond acceptors (Lipinski definition) is 2. The molecule has 0 amide bonds. The van der Waals surface area contributed by atoms with Crippen LogP contribution in [0.25, 0.3) is 0 Å². The largest absolute Gasteiger partial charge is 0.328 e. The third-order valence-electron chi connectivity index (χ3n) is 2.27. The summed E-state index contributed by atoms with van der Waals surface area (Å²) in [7, 11) is 0. The first kappa shape index (κ1) is 8.74. The Morgan fingerprint density at radius 2 is 2.00 bits per heavy atom. The van der Waals surface area contributed by atoms with Crippen molar-refractivity contribution >= 4 is 23.0 Å². The fourth-order valence-corrected chi connectivity index (χ4v) is 1.77. The molecule has 0 unspecified atom stereocenters. The molecule has 10 heavy (non-hydrogen) atoms. The van der Waals surface area contributed by atoms with Gasteiger partial charge in [0.25, 0.3) is 0 Å². The molecule has 0 spiro atoms. The van der Waals surface area contributed by atoms with Crippen LogP contribution in [0.5, 0.6) is 0 Å². The lowest BCUT2D eigenvalue weighted by atomic mass is 9.84. The number of halogens is 1. The molecule has 60 valence electrons. The molecule has 0 atom stereocenters. The second kappa shape index (κ2) is 3.36. The van der Waals surface area contributed by atoms with Crippen molar-refractivity contribution in [3.8, 4) is 0 Å². The molecule has 2 nitrogen and oxygen atoms in total. The quantitative estimate of drug-likeness (QED) is 0.727. The molecule has 0 saturated heterocycles. The van der Waals surface area contributed by atoms with Gasteiger partial charge in [0.2, 0.25) is 0 Å². The minimum Gasteiger partial charge on any atom is -0.328 e. The molecule has 2 N–H and O–H groups in total. The maximum atomic E-state index is 5.75. The first-order valence-corrected chi connectivity index (χ1v) is 4.60. The van der Waals surface area contributed by atoms with Gasteiger partial charge < -0.3 is 8.80 Å². The van der Waals surface area contributed by atoms with E-state index in [-0.39, 0.29) is 5.60 Å². The maximum Gasteiger partial charge on any atom is 0.110 e. The van der Waals surface area contributed by atoms with Crippen LogP contribution in [0.15, 0.2) is 0 Å². The van der Waals surface area contributed by atoms with Crippen LogP contribution in [0.3, 0.4) is 0 Å². The lowest BCUT2D eigenvalue weighted by Gasteiger charge is -2.33. The fraction of sp³-hybridized carbons (Fsp3) is 1.00. The molecule has 0 aromatic rings. The van der Waals surface area contributed by atoms with Crippen LogP contribution in [0.2, 0.25) is 0 Å². The Balaban J connectivity index is 2.38. The predicted molar refractivity (Wildman–Crippen MR) is 50.0 cm³/mol. The predicted octanol–water partition coefficient (Wildman–Crippen LogP) is 2.01. The Morgan fingerprint density at radius 3 is 2.40 bits per heavy atom. The fourth-order valence-electron chi connectivity index (χ4n) is 1.33. The van der Waals surface area contributed by atoms with E-state index in [9.17, 15) is 0 Å². The maximum absolute atomic E-state index is 5.75. The Hall–Kier alpha value is 0.650. The molecule has 1 aliphatic rings. The van der Waals surface area contributed by atoms with Gasteiger partial charge in [0.05, 0.1) is 5.60 Å². The lowest BCUT2D eigenvalue weighted by Crippen LogP contribution is -2.36.